The van der Waals surface area contributed by atoms with Crippen LogP contribution in [-0.2, 0) is 9.53 Å². The van der Waals surface area contributed by atoms with Gasteiger partial charge in [-0.3, -0.25) is 9.36 Å². The average Bonchev–Trinajstić information content (AvgIpc) is 3.15. The Morgan fingerprint density at radius 1 is 1.38 bits per heavy atom. The first-order chi connectivity index (χ1) is 11.4. The van der Waals surface area contributed by atoms with Crippen LogP contribution in [0.1, 0.15) is 27.2 Å². The summed E-state index contributed by atoms with van der Waals surface area (Å²) in [5, 5.41) is 4.20. The Morgan fingerprint density at radius 2 is 2.17 bits per heavy atom. The van der Waals surface area contributed by atoms with Crippen molar-refractivity contribution in [1.29, 1.82) is 0 Å². The lowest BCUT2D eigenvalue weighted by Crippen LogP contribution is -2.35. The normalized spacial score (nSPS) is 17.9. The molecule has 24 heavy (non-hydrogen) atoms. The predicted octanol–water partition coefficient (Wildman–Crippen LogP) is 2.75. The van der Waals surface area contributed by atoms with Crippen LogP contribution in [0.2, 0.25) is 0 Å². The number of hydrogen-bond donors (Lipinski definition) is 1. The van der Waals surface area contributed by atoms with Gasteiger partial charge in [0.2, 0.25) is 6.41 Å². The van der Waals surface area contributed by atoms with Crippen LogP contribution in [0.25, 0.3) is 10.9 Å². The fourth-order valence-electron chi connectivity index (χ4n) is 2.98. The summed E-state index contributed by atoms with van der Waals surface area (Å²) in [6.07, 6.45) is 3.06. The van der Waals surface area contributed by atoms with Crippen LogP contribution in [0.4, 0.5) is 10.5 Å². The molecule has 1 aliphatic rings. The summed E-state index contributed by atoms with van der Waals surface area (Å²) in [6.45, 7) is 7.20. The number of aromatic nitrogens is 1. The van der Waals surface area contributed by atoms with Gasteiger partial charge >= 0.3 is 6.09 Å². The van der Waals surface area contributed by atoms with Gasteiger partial charge in [0.1, 0.15) is 5.60 Å². The Morgan fingerprint density at radius 3 is 2.79 bits per heavy atom. The topological polar surface area (TPSA) is 63.6 Å². The Labute approximate surface area is 141 Å². The predicted molar refractivity (Wildman–Crippen MR) is 93.4 cm³/mol. The third-order valence-corrected chi connectivity index (χ3v) is 4.11. The number of carbonyl (C=O) groups is 2. The fourth-order valence-corrected chi connectivity index (χ4v) is 2.98. The Balaban J connectivity index is 1.96. The second-order valence-electron chi connectivity index (χ2n) is 7.07. The minimum absolute atomic E-state index is 0.143. The van der Waals surface area contributed by atoms with E-state index in [0.29, 0.717) is 0 Å². The van der Waals surface area contributed by atoms with E-state index in [9.17, 15) is 9.59 Å². The van der Waals surface area contributed by atoms with E-state index in [1.807, 2.05) is 45.0 Å². The molecule has 1 aliphatic heterocycles. The zero-order chi connectivity index (χ0) is 17.3. The molecule has 1 aromatic carbocycles. The third kappa shape index (κ3) is 3.28. The first kappa shape index (κ1) is 16.5. The van der Waals surface area contributed by atoms with Crippen LogP contribution in [0, 0.1) is 0 Å². The minimum Gasteiger partial charge on any atom is -0.443 e. The SMILES string of the molecule is CC(C)(C)OC(=O)n1ccc2ccc(N(C=O)C3CCNC3)cc21. The van der Waals surface area contributed by atoms with Gasteiger partial charge in [0.15, 0.2) is 0 Å². The van der Waals surface area contributed by atoms with Crippen LogP contribution in [-0.4, -0.2) is 41.8 Å². The molecule has 1 aromatic heterocycles. The van der Waals surface area contributed by atoms with Crippen LogP contribution >= 0.6 is 0 Å². The lowest BCUT2D eigenvalue weighted by Gasteiger charge is -2.24. The van der Waals surface area contributed by atoms with E-state index in [2.05, 4.69) is 5.32 Å². The second-order valence-corrected chi connectivity index (χ2v) is 7.07. The van der Waals surface area contributed by atoms with E-state index in [1.54, 1.807) is 11.1 Å². The highest BCUT2D eigenvalue weighted by Gasteiger charge is 2.23. The Kier molecular flexibility index (Phi) is 4.32. The Hall–Kier alpha value is -2.34. The molecule has 2 aromatic rings. The van der Waals surface area contributed by atoms with E-state index in [1.165, 1.54) is 4.57 Å². The van der Waals surface area contributed by atoms with Crippen molar-refractivity contribution in [3.63, 3.8) is 0 Å². The van der Waals surface area contributed by atoms with E-state index in [-0.39, 0.29) is 6.04 Å². The summed E-state index contributed by atoms with van der Waals surface area (Å²) >= 11 is 0. The smallest absolute Gasteiger partial charge is 0.418 e. The highest BCUT2D eigenvalue weighted by atomic mass is 16.6. The number of carbonyl (C=O) groups excluding carboxylic acids is 2. The van der Waals surface area contributed by atoms with E-state index >= 15 is 0 Å². The van der Waals surface area contributed by atoms with Crippen molar-refractivity contribution < 1.29 is 14.3 Å². The zero-order valence-corrected chi connectivity index (χ0v) is 14.3. The number of fused-ring (bicyclic) bond motifs is 1. The molecule has 0 bridgehead atoms. The molecule has 0 radical (unpaired) electrons. The Bertz CT molecular complexity index is 754. The zero-order valence-electron chi connectivity index (χ0n) is 14.3. The minimum atomic E-state index is -0.560. The third-order valence-electron chi connectivity index (χ3n) is 4.11. The highest BCUT2D eigenvalue weighted by molar-refractivity contribution is 5.93. The van der Waals surface area contributed by atoms with Crippen molar-refractivity contribution in [1.82, 2.24) is 9.88 Å². The number of rotatable bonds is 3. The first-order valence-electron chi connectivity index (χ1n) is 8.18. The first-order valence-corrected chi connectivity index (χ1v) is 8.18. The maximum Gasteiger partial charge on any atom is 0.418 e. The standard InChI is InChI=1S/C18H23N3O3/c1-18(2,3)24-17(23)20-9-7-13-4-5-14(10-16(13)20)21(12-22)15-6-8-19-11-15/h4-5,7,9-10,12,15,19H,6,8,11H2,1-3H3. The molecular weight excluding hydrogens is 306 g/mol. The second kappa shape index (κ2) is 6.28. The van der Waals surface area contributed by atoms with E-state index < -0.39 is 11.7 Å². The largest absolute Gasteiger partial charge is 0.443 e. The fraction of sp³-hybridized carbons (Fsp3) is 0.444. The summed E-state index contributed by atoms with van der Waals surface area (Å²) in [5.74, 6) is 0. The quantitative estimate of drug-likeness (QED) is 0.880. The van der Waals surface area contributed by atoms with Gasteiger partial charge in [0, 0.05) is 23.8 Å². The van der Waals surface area contributed by atoms with Crippen LogP contribution < -0.4 is 10.2 Å². The van der Waals surface area contributed by atoms with Gasteiger partial charge in [-0.2, -0.15) is 0 Å². The van der Waals surface area contributed by atoms with Gasteiger partial charge in [-0.15, -0.1) is 0 Å². The van der Waals surface area contributed by atoms with Crippen molar-refractivity contribution >= 4 is 29.1 Å². The van der Waals surface area contributed by atoms with Gasteiger partial charge in [-0.25, -0.2) is 4.79 Å². The van der Waals surface area contributed by atoms with Gasteiger partial charge in [0.05, 0.1) is 11.6 Å². The van der Waals surface area contributed by atoms with Crippen LogP contribution in [0.5, 0.6) is 0 Å². The van der Waals surface area contributed by atoms with E-state index in [0.717, 1.165) is 42.5 Å². The highest BCUT2D eigenvalue weighted by Crippen LogP contribution is 2.26. The molecule has 6 nitrogen and oxygen atoms in total. The molecule has 6 heteroatoms. The van der Waals surface area contributed by atoms with Gasteiger partial charge in [-0.05, 0) is 51.9 Å². The van der Waals surface area contributed by atoms with Crippen LogP contribution in [0.3, 0.4) is 0 Å². The van der Waals surface area contributed by atoms with Gasteiger partial charge in [0.25, 0.3) is 0 Å². The number of anilines is 1. The van der Waals surface area contributed by atoms with Gasteiger partial charge in [-0.1, -0.05) is 6.07 Å². The molecule has 3 rings (SSSR count). The molecule has 1 unspecified atom stereocenters. The number of nitrogens with zero attached hydrogens (tertiary/aromatic N) is 2. The molecular formula is C18H23N3O3. The number of hydrogen-bond acceptors (Lipinski definition) is 4. The number of nitrogens with one attached hydrogen (secondary N) is 1. The van der Waals surface area contributed by atoms with Crippen molar-refractivity contribution in [2.45, 2.75) is 38.8 Å². The summed E-state index contributed by atoms with van der Waals surface area (Å²) in [6, 6.07) is 7.71. The van der Waals surface area contributed by atoms with Crippen LogP contribution in [0.15, 0.2) is 30.5 Å². The number of benzene rings is 1. The number of amides is 1. The summed E-state index contributed by atoms with van der Waals surface area (Å²) in [7, 11) is 0. The summed E-state index contributed by atoms with van der Waals surface area (Å²) in [4.78, 5) is 25.7. The lowest BCUT2D eigenvalue weighted by molar-refractivity contribution is -0.107. The molecule has 0 saturated carbocycles. The molecule has 1 N–H and O–H groups in total. The maximum atomic E-state index is 12.4. The molecule has 1 saturated heterocycles. The van der Waals surface area contributed by atoms with Crippen molar-refractivity contribution in [3.8, 4) is 0 Å². The molecule has 0 spiro atoms. The molecule has 0 aliphatic carbocycles. The van der Waals surface area contributed by atoms with Crippen molar-refractivity contribution in [2.75, 3.05) is 18.0 Å². The summed E-state index contributed by atoms with van der Waals surface area (Å²) < 4.78 is 6.93. The molecule has 1 amide bonds. The summed E-state index contributed by atoms with van der Waals surface area (Å²) in [5.41, 5.74) is 0.963. The average molecular weight is 329 g/mol. The van der Waals surface area contributed by atoms with Crippen molar-refractivity contribution in [2.24, 2.45) is 0 Å². The molecule has 128 valence electrons. The molecule has 1 atom stereocenters. The number of ether oxygens (including phenoxy) is 1. The molecule has 2 heterocycles. The van der Waals surface area contributed by atoms with Crippen molar-refractivity contribution in [3.05, 3.63) is 30.5 Å². The van der Waals surface area contributed by atoms with Gasteiger partial charge < -0.3 is 15.0 Å². The van der Waals surface area contributed by atoms with E-state index in [4.69, 9.17) is 4.74 Å². The molecule has 1 fully saturated rings. The lowest BCUT2D eigenvalue weighted by atomic mass is 10.1. The maximum absolute atomic E-state index is 12.4. The monoisotopic (exact) mass is 329 g/mol.